The lowest BCUT2D eigenvalue weighted by atomic mass is 9.92. The Morgan fingerprint density at radius 3 is 2.29 bits per heavy atom. The Kier molecular flexibility index (Phi) is 3.70. The minimum absolute atomic E-state index is 0.00904. The second-order valence-corrected chi connectivity index (χ2v) is 4.49. The average Bonchev–Trinajstić information content (AvgIpc) is 2.17. The zero-order valence-corrected chi connectivity index (χ0v) is 9.51. The highest BCUT2D eigenvalue weighted by Crippen LogP contribution is 2.15. The van der Waals surface area contributed by atoms with E-state index in [2.05, 4.69) is 45.0 Å². The van der Waals surface area contributed by atoms with Crippen LogP contribution in [0.2, 0.25) is 0 Å². The molecule has 1 unspecified atom stereocenters. The van der Waals surface area contributed by atoms with Gasteiger partial charge >= 0.3 is 0 Å². The van der Waals surface area contributed by atoms with Gasteiger partial charge in [0, 0.05) is 5.54 Å². The quantitative estimate of drug-likeness (QED) is 0.777. The van der Waals surface area contributed by atoms with Gasteiger partial charge in [-0.15, -0.1) is 0 Å². The van der Waals surface area contributed by atoms with E-state index in [0.717, 1.165) is 19.3 Å². The molecule has 0 heterocycles. The largest absolute Gasteiger partial charge is 0.325 e. The van der Waals surface area contributed by atoms with Crippen molar-refractivity contribution < 1.29 is 0 Å². The summed E-state index contributed by atoms with van der Waals surface area (Å²) in [6.07, 6.45) is 3.19. The molecule has 2 N–H and O–H groups in total. The minimum atomic E-state index is -0.00904. The fraction of sp³-hybridized carbons (Fsp3) is 0.538. The van der Waals surface area contributed by atoms with E-state index in [0.29, 0.717) is 0 Å². The maximum atomic E-state index is 6.09. The van der Waals surface area contributed by atoms with Gasteiger partial charge in [-0.1, -0.05) is 36.8 Å². The Balaban J connectivity index is 2.50. The van der Waals surface area contributed by atoms with Crippen LogP contribution in [-0.2, 0) is 6.42 Å². The Labute approximate surface area is 87.3 Å². The first kappa shape index (κ1) is 11.3. The predicted molar refractivity (Wildman–Crippen MR) is 62.4 cm³/mol. The summed E-state index contributed by atoms with van der Waals surface area (Å²) in [7, 11) is 0. The predicted octanol–water partition coefficient (Wildman–Crippen LogP) is 3.06. The molecular formula is C13H21N. The van der Waals surface area contributed by atoms with Crippen LogP contribution in [0.1, 0.15) is 37.8 Å². The molecule has 78 valence electrons. The first-order valence-corrected chi connectivity index (χ1v) is 5.38. The van der Waals surface area contributed by atoms with Crippen molar-refractivity contribution in [2.24, 2.45) is 5.73 Å². The molecule has 0 bridgehead atoms. The molecule has 0 saturated carbocycles. The highest BCUT2D eigenvalue weighted by Gasteiger charge is 2.14. The summed E-state index contributed by atoms with van der Waals surface area (Å²) in [5.74, 6) is 0. The van der Waals surface area contributed by atoms with Crippen LogP contribution < -0.4 is 5.73 Å². The number of rotatable bonds is 4. The van der Waals surface area contributed by atoms with Gasteiger partial charge in [-0.25, -0.2) is 0 Å². The number of aryl methyl sites for hydroxylation is 2. The van der Waals surface area contributed by atoms with E-state index in [-0.39, 0.29) is 5.54 Å². The summed E-state index contributed by atoms with van der Waals surface area (Å²) >= 11 is 0. The van der Waals surface area contributed by atoms with Crippen LogP contribution in [0.15, 0.2) is 24.3 Å². The van der Waals surface area contributed by atoms with Gasteiger partial charge in [-0.05, 0) is 38.7 Å². The molecule has 0 fully saturated rings. The maximum absolute atomic E-state index is 6.09. The second kappa shape index (κ2) is 4.61. The van der Waals surface area contributed by atoms with Crippen LogP contribution in [0.3, 0.4) is 0 Å². The zero-order valence-electron chi connectivity index (χ0n) is 9.51. The first-order chi connectivity index (χ1) is 6.53. The van der Waals surface area contributed by atoms with Crippen LogP contribution in [-0.4, -0.2) is 5.54 Å². The molecule has 0 aromatic heterocycles. The van der Waals surface area contributed by atoms with Crippen molar-refractivity contribution in [3.63, 3.8) is 0 Å². The van der Waals surface area contributed by atoms with E-state index in [9.17, 15) is 0 Å². The number of hydrogen-bond acceptors (Lipinski definition) is 1. The minimum Gasteiger partial charge on any atom is -0.325 e. The van der Waals surface area contributed by atoms with Gasteiger partial charge < -0.3 is 5.73 Å². The lowest BCUT2D eigenvalue weighted by Gasteiger charge is -2.22. The van der Waals surface area contributed by atoms with Gasteiger partial charge in [0.15, 0.2) is 0 Å². The molecule has 1 heteroatoms. The topological polar surface area (TPSA) is 26.0 Å². The van der Waals surface area contributed by atoms with Crippen molar-refractivity contribution in [1.29, 1.82) is 0 Å². The third-order valence-electron chi connectivity index (χ3n) is 2.91. The SMILES string of the molecule is CCC(C)(N)CCc1ccc(C)cc1. The number of benzene rings is 1. The van der Waals surface area contributed by atoms with Gasteiger partial charge in [-0.2, -0.15) is 0 Å². The summed E-state index contributed by atoms with van der Waals surface area (Å²) in [4.78, 5) is 0. The monoisotopic (exact) mass is 191 g/mol. The van der Waals surface area contributed by atoms with E-state index in [1.165, 1.54) is 11.1 Å². The van der Waals surface area contributed by atoms with Gasteiger partial charge in [-0.3, -0.25) is 0 Å². The molecule has 0 radical (unpaired) electrons. The first-order valence-electron chi connectivity index (χ1n) is 5.38. The van der Waals surface area contributed by atoms with Crippen molar-refractivity contribution in [2.75, 3.05) is 0 Å². The Hall–Kier alpha value is -0.820. The van der Waals surface area contributed by atoms with E-state index in [1.807, 2.05) is 0 Å². The molecule has 0 spiro atoms. The molecule has 0 aliphatic carbocycles. The van der Waals surface area contributed by atoms with E-state index in [1.54, 1.807) is 0 Å². The molecule has 0 amide bonds. The van der Waals surface area contributed by atoms with Crippen LogP contribution in [0, 0.1) is 6.92 Å². The summed E-state index contributed by atoms with van der Waals surface area (Å²) in [6.45, 7) is 6.39. The molecule has 1 nitrogen and oxygen atoms in total. The Bertz CT molecular complexity index is 272. The molecule has 14 heavy (non-hydrogen) atoms. The van der Waals surface area contributed by atoms with Crippen LogP contribution in [0.25, 0.3) is 0 Å². The van der Waals surface area contributed by atoms with Crippen molar-refractivity contribution in [3.8, 4) is 0 Å². The molecule has 0 saturated heterocycles. The van der Waals surface area contributed by atoms with E-state index < -0.39 is 0 Å². The highest BCUT2D eigenvalue weighted by molar-refractivity contribution is 5.21. The summed E-state index contributed by atoms with van der Waals surface area (Å²) in [6, 6.07) is 8.71. The molecular weight excluding hydrogens is 170 g/mol. The van der Waals surface area contributed by atoms with Crippen molar-refractivity contribution in [3.05, 3.63) is 35.4 Å². The number of hydrogen-bond donors (Lipinski definition) is 1. The van der Waals surface area contributed by atoms with Crippen molar-refractivity contribution >= 4 is 0 Å². The van der Waals surface area contributed by atoms with Crippen LogP contribution in [0.4, 0.5) is 0 Å². The third-order valence-corrected chi connectivity index (χ3v) is 2.91. The Morgan fingerprint density at radius 2 is 1.79 bits per heavy atom. The van der Waals surface area contributed by atoms with E-state index >= 15 is 0 Å². The molecule has 1 atom stereocenters. The fourth-order valence-corrected chi connectivity index (χ4v) is 1.36. The lowest BCUT2D eigenvalue weighted by Crippen LogP contribution is -2.35. The lowest BCUT2D eigenvalue weighted by molar-refractivity contribution is 0.418. The Morgan fingerprint density at radius 1 is 1.21 bits per heavy atom. The van der Waals surface area contributed by atoms with E-state index in [4.69, 9.17) is 5.73 Å². The average molecular weight is 191 g/mol. The molecule has 0 aliphatic heterocycles. The van der Waals surface area contributed by atoms with Gasteiger partial charge in [0.1, 0.15) is 0 Å². The van der Waals surface area contributed by atoms with Gasteiger partial charge in [0.25, 0.3) is 0 Å². The highest BCUT2D eigenvalue weighted by atomic mass is 14.7. The summed E-state index contributed by atoms with van der Waals surface area (Å²) < 4.78 is 0. The standard InChI is InChI=1S/C13H21N/c1-4-13(3,14)10-9-12-7-5-11(2)6-8-12/h5-8H,4,9-10,14H2,1-3H3. The van der Waals surface area contributed by atoms with Crippen molar-refractivity contribution in [2.45, 2.75) is 45.6 Å². The third kappa shape index (κ3) is 3.51. The maximum Gasteiger partial charge on any atom is 0.0126 e. The van der Waals surface area contributed by atoms with Gasteiger partial charge in [0.2, 0.25) is 0 Å². The fourth-order valence-electron chi connectivity index (χ4n) is 1.36. The normalized spacial score (nSPS) is 15.1. The zero-order chi connectivity index (χ0) is 10.6. The van der Waals surface area contributed by atoms with Crippen LogP contribution >= 0.6 is 0 Å². The van der Waals surface area contributed by atoms with Crippen LogP contribution in [0.5, 0.6) is 0 Å². The smallest absolute Gasteiger partial charge is 0.0126 e. The molecule has 1 aromatic rings. The van der Waals surface area contributed by atoms with Gasteiger partial charge in [0.05, 0.1) is 0 Å². The molecule has 1 aromatic carbocycles. The molecule has 0 aliphatic rings. The molecule has 1 rings (SSSR count). The summed E-state index contributed by atoms with van der Waals surface area (Å²) in [5, 5.41) is 0. The second-order valence-electron chi connectivity index (χ2n) is 4.49. The summed E-state index contributed by atoms with van der Waals surface area (Å²) in [5.41, 5.74) is 8.79. The number of nitrogens with two attached hydrogens (primary N) is 1. The van der Waals surface area contributed by atoms with Crippen molar-refractivity contribution in [1.82, 2.24) is 0 Å².